The molecule has 5 heteroatoms. The summed E-state index contributed by atoms with van der Waals surface area (Å²) in [5.74, 6) is -0.00677. The standard InChI is InChI=1S/C14H24N2O3/c1-2-16-9-11(7-13(16)18)14(19)15-8-10-5-3-4-6-12(10)17/h10-12,17H,2-9H2,1H3,(H,15,19). The summed E-state index contributed by atoms with van der Waals surface area (Å²) in [6.07, 6.45) is 4.06. The van der Waals surface area contributed by atoms with E-state index in [9.17, 15) is 14.7 Å². The van der Waals surface area contributed by atoms with Crippen molar-refractivity contribution in [1.29, 1.82) is 0 Å². The first-order valence-electron chi connectivity index (χ1n) is 7.35. The SMILES string of the molecule is CCN1CC(C(=O)NCC2CCCCC2O)CC1=O. The number of nitrogens with one attached hydrogen (secondary N) is 1. The van der Waals surface area contributed by atoms with Gasteiger partial charge in [0.05, 0.1) is 12.0 Å². The smallest absolute Gasteiger partial charge is 0.225 e. The Morgan fingerprint density at radius 2 is 2.16 bits per heavy atom. The fourth-order valence-corrected chi connectivity index (χ4v) is 3.06. The van der Waals surface area contributed by atoms with Crippen LogP contribution in [0.2, 0.25) is 0 Å². The molecule has 0 bridgehead atoms. The van der Waals surface area contributed by atoms with Gasteiger partial charge in [-0.05, 0) is 19.8 Å². The molecular weight excluding hydrogens is 244 g/mol. The average Bonchev–Trinajstić information content (AvgIpc) is 2.79. The Morgan fingerprint density at radius 1 is 1.42 bits per heavy atom. The van der Waals surface area contributed by atoms with Crippen molar-refractivity contribution in [3.05, 3.63) is 0 Å². The zero-order valence-electron chi connectivity index (χ0n) is 11.6. The summed E-state index contributed by atoms with van der Waals surface area (Å²) in [6, 6.07) is 0. The van der Waals surface area contributed by atoms with Crippen molar-refractivity contribution in [1.82, 2.24) is 10.2 Å². The lowest BCUT2D eigenvalue weighted by atomic mass is 9.86. The van der Waals surface area contributed by atoms with Gasteiger partial charge in [0.2, 0.25) is 11.8 Å². The number of amides is 2. The zero-order chi connectivity index (χ0) is 13.8. The highest BCUT2D eigenvalue weighted by atomic mass is 16.3. The van der Waals surface area contributed by atoms with E-state index >= 15 is 0 Å². The van der Waals surface area contributed by atoms with Gasteiger partial charge in [-0.25, -0.2) is 0 Å². The Hall–Kier alpha value is -1.10. The molecule has 0 aromatic rings. The first kappa shape index (κ1) is 14.3. The third-order valence-corrected chi connectivity index (χ3v) is 4.37. The fraction of sp³-hybridized carbons (Fsp3) is 0.857. The van der Waals surface area contributed by atoms with E-state index in [1.165, 1.54) is 0 Å². The van der Waals surface area contributed by atoms with Crippen LogP contribution in [0, 0.1) is 11.8 Å². The molecule has 2 rings (SSSR count). The van der Waals surface area contributed by atoms with Gasteiger partial charge in [-0.2, -0.15) is 0 Å². The predicted octanol–water partition coefficient (Wildman–Crippen LogP) is 0.522. The van der Waals surface area contributed by atoms with Crippen LogP contribution < -0.4 is 5.32 Å². The summed E-state index contributed by atoms with van der Waals surface area (Å²) in [5.41, 5.74) is 0. The highest BCUT2D eigenvalue weighted by molar-refractivity contribution is 5.89. The van der Waals surface area contributed by atoms with E-state index in [-0.39, 0.29) is 29.8 Å². The Balaban J connectivity index is 1.77. The van der Waals surface area contributed by atoms with Crippen molar-refractivity contribution < 1.29 is 14.7 Å². The van der Waals surface area contributed by atoms with Crippen molar-refractivity contribution in [3.63, 3.8) is 0 Å². The lowest BCUT2D eigenvalue weighted by Crippen LogP contribution is -2.40. The van der Waals surface area contributed by atoms with E-state index in [0.29, 0.717) is 26.1 Å². The van der Waals surface area contributed by atoms with Crippen LogP contribution >= 0.6 is 0 Å². The van der Waals surface area contributed by atoms with Gasteiger partial charge in [-0.3, -0.25) is 9.59 Å². The molecule has 3 atom stereocenters. The predicted molar refractivity (Wildman–Crippen MR) is 71.3 cm³/mol. The second-order valence-corrected chi connectivity index (χ2v) is 5.69. The molecule has 108 valence electrons. The number of nitrogens with zero attached hydrogens (tertiary/aromatic N) is 1. The first-order valence-corrected chi connectivity index (χ1v) is 7.35. The molecule has 2 N–H and O–H groups in total. The summed E-state index contributed by atoms with van der Waals surface area (Å²) in [6.45, 7) is 3.67. The average molecular weight is 268 g/mol. The Bertz CT molecular complexity index is 346. The molecule has 19 heavy (non-hydrogen) atoms. The third-order valence-electron chi connectivity index (χ3n) is 4.37. The lowest BCUT2D eigenvalue weighted by molar-refractivity contribution is -0.129. The third kappa shape index (κ3) is 3.47. The second-order valence-electron chi connectivity index (χ2n) is 5.69. The molecule has 1 heterocycles. The molecule has 2 aliphatic rings. The van der Waals surface area contributed by atoms with E-state index < -0.39 is 0 Å². The number of aliphatic hydroxyl groups is 1. The number of likely N-dealkylation sites (tertiary alicyclic amines) is 1. The largest absolute Gasteiger partial charge is 0.393 e. The van der Waals surface area contributed by atoms with Crippen LogP contribution in [-0.4, -0.2) is 47.6 Å². The highest BCUT2D eigenvalue weighted by Crippen LogP contribution is 2.24. The molecule has 1 aliphatic heterocycles. The van der Waals surface area contributed by atoms with E-state index in [4.69, 9.17) is 0 Å². The zero-order valence-corrected chi connectivity index (χ0v) is 11.6. The Morgan fingerprint density at radius 3 is 2.79 bits per heavy atom. The summed E-state index contributed by atoms with van der Waals surface area (Å²) in [4.78, 5) is 25.3. The highest BCUT2D eigenvalue weighted by Gasteiger charge is 2.33. The number of carbonyl (C=O) groups excluding carboxylic acids is 2. The molecule has 2 fully saturated rings. The van der Waals surface area contributed by atoms with Crippen molar-refractivity contribution in [2.24, 2.45) is 11.8 Å². The summed E-state index contributed by atoms with van der Waals surface area (Å²) >= 11 is 0. The van der Waals surface area contributed by atoms with E-state index in [1.54, 1.807) is 4.90 Å². The number of rotatable bonds is 4. The minimum absolute atomic E-state index is 0.0397. The van der Waals surface area contributed by atoms with Crippen molar-refractivity contribution >= 4 is 11.8 Å². The van der Waals surface area contributed by atoms with Crippen molar-refractivity contribution in [2.45, 2.75) is 45.1 Å². The molecule has 5 nitrogen and oxygen atoms in total. The van der Waals surface area contributed by atoms with Gasteiger partial charge in [-0.1, -0.05) is 12.8 Å². The monoisotopic (exact) mass is 268 g/mol. The van der Waals surface area contributed by atoms with Gasteiger partial charge in [-0.15, -0.1) is 0 Å². The van der Waals surface area contributed by atoms with Gasteiger partial charge >= 0.3 is 0 Å². The van der Waals surface area contributed by atoms with E-state index in [0.717, 1.165) is 25.7 Å². The van der Waals surface area contributed by atoms with Gasteiger partial charge in [0.15, 0.2) is 0 Å². The molecule has 1 saturated carbocycles. The van der Waals surface area contributed by atoms with Gasteiger partial charge in [0, 0.05) is 32.0 Å². The number of carbonyl (C=O) groups is 2. The second kappa shape index (κ2) is 6.37. The maximum Gasteiger partial charge on any atom is 0.225 e. The molecule has 0 aromatic carbocycles. The van der Waals surface area contributed by atoms with Crippen LogP contribution in [0.4, 0.5) is 0 Å². The topological polar surface area (TPSA) is 69.6 Å². The molecule has 0 aromatic heterocycles. The van der Waals surface area contributed by atoms with Gasteiger partial charge in [0.25, 0.3) is 0 Å². The van der Waals surface area contributed by atoms with Gasteiger partial charge < -0.3 is 15.3 Å². The van der Waals surface area contributed by atoms with Gasteiger partial charge in [0.1, 0.15) is 0 Å². The maximum atomic E-state index is 12.0. The Kier molecular flexibility index (Phi) is 4.80. The summed E-state index contributed by atoms with van der Waals surface area (Å²) in [5, 5.41) is 12.8. The van der Waals surface area contributed by atoms with Crippen LogP contribution in [0.5, 0.6) is 0 Å². The fourth-order valence-electron chi connectivity index (χ4n) is 3.06. The molecular formula is C14H24N2O3. The maximum absolute atomic E-state index is 12.0. The van der Waals surface area contributed by atoms with Crippen LogP contribution in [0.1, 0.15) is 39.0 Å². The minimum Gasteiger partial charge on any atom is -0.393 e. The molecule has 0 radical (unpaired) electrons. The number of hydrogen-bond donors (Lipinski definition) is 2. The van der Waals surface area contributed by atoms with Crippen LogP contribution in [0.15, 0.2) is 0 Å². The quantitative estimate of drug-likeness (QED) is 0.781. The van der Waals surface area contributed by atoms with Crippen LogP contribution in [0.25, 0.3) is 0 Å². The first-order chi connectivity index (χ1) is 9.11. The normalized spacial score (nSPS) is 31.6. The molecule has 1 aliphatic carbocycles. The number of hydrogen-bond acceptors (Lipinski definition) is 3. The van der Waals surface area contributed by atoms with Crippen molar-refractivity contribution in [3.8, 4) is 0 Å². The van der Waals surface area contributed by atoms with Crippen LogP contribution in [-0.2, 0) is 9.59 Å². The summed E-state index contributed by atoms with van der Waals surface area (Å²) in [7, 11) is 0. The Labute approximate surface area is 114 Å². The minimum atomic E-state index is -0.286. The van der Waals surface area contributed by atoms with E-state index in [1.807, 2.05) is 6.92 Å². The summed E-state index contributed by atoms with van der Waals surface area (Å²) < 4.78 is 0. The number of aliphatic hydroxyl groups excluding tert-OH is 1. The lowest BCUT2D eigenvalue weighted by Gasteiger charge is -2.28. The molecule has 1 saturated heterocycles. The molecule has 3 unspecified atom stereocenters. The molecule has 2 amide bonds. The molecule has 0 spiro atoms. The van der Waals surface area contributed by atoms with E-state index in [2.05, 4.69) is 5.32 Å². The van der Waals surface area contributed by atoms with Crippen molar-refractivity contribution in [2.75, 3.05) is 19.6 Å². The van der Waals surface area contributed by atoms with Crippen LogP contribution in [0.3, 0.4) is 0 Å².